The predicted molar refractivity (Wildman–Crippen MR) is 61.5 cm³/mol. The van der Waals surface area contributed by atoms with E-state index in [-0.39, 0.29) is 0 Å². The number of hydrogen-bond donors (Lipinski definition) is 2. The first-order valence-electron chi connectivity index (χ1n) is 5.70. The van der Waals surface area contributed by atoms with Gasteiger partial charge in [0, 0.05) is 0 Å². The molecule has 0 bridgehead atoms. The molecule has 3 N–H and O–H groups in total. The topological polar surface area (TPSA) is 41.3 Å². The number of nitrogens with one attached hydrogen (secondary N) is 1. The van der Waals surface area contributed by atoms with Crippen LogP contribution in [-0.4, -0.2) is 67.0 Å². The molecule has 1 aliphatic rings. The molecule has 1 rings (SSSR count). The van der Waals surface area contributed by atoms with Crippen molar-refractivity contribution in [2.24, 2.45) is 5.73 Å². The van der Waals surface area contributed by atoms with E-state index in [0.717, 1.165) is 23.1 Å². The third-order valence-electron chi connectivity index (χ3n) is 2.66. The first-order valence-corrected chi connectivity index (χ1v) is 7.94. The van der Waals surface area contributed by atoms with Gasteiger partial charge in [-0.05, 0) is 0 Å². The zero-order chi connectivity index (χ0) is 10.2. The quantitative estimate of drug-likeness (QED) is 0.491. The molecule has 1 aliphatic heterocycles. The Kier molecular flexibility index (Phi) is 7.37. The zero-order valence-corrected chi connectivity index (χ0v) is 12.9. The van der Waals surface area contributed by atoms with Crippen LogP contribution in [-0.2, 0) is 0 Å². The van der Waals surface area contributed by atoms with Gasteiger partial charge in [0.2, 0.25) is 0 Å². The summed E-state index contributed by atoms with van der Waals surface area (Å²) < 4.78 is 0.750. The van der Waals surface area contributed by atoms with E-state index in [0.29, 0.717) is 0 Å². The Labute approximate surface area is 103 Å². The van der Waals surface area contributed by atoms with Gasteiger partial charge in [0.05, 0.1) is 0 Å². The first kappa shape index (κ1) is 12.9. The van der Waals surface area contributed by atoms with E-state index < -0.39 is 0 Å². The van der Waals surface area contributed by atoms with Gasteiger partial charge in [-0.2, -0.15) is 0 Å². The number of likely N-dealkylation sites (tertiary alicyclic amines) is 1. The van der Waals surface area contributed by atoms with Gasteiger partial charge in [0.1, 0.15) is 0 Å². The molecule has 1 unspecified atom stereocenters. The van der Waals surface area contributed by atoms with Crippen LogP contribution in [0.3, 0.4) is 0 Å². The third-order valence-corrected chi connectivity index (χ3v) is 4.16. The molecule has 1 atom stereocenters. The molecule has 81 valence electrons. The minimum absolute atomic E-state index is 0.750. The van der Waals surface area contributed by atoms with Gasteiger partial charge < -0.3 is 0 Å². The first-order chi connectivity index (χ1) is 6.83. The molecule has 4 heteroatoms. The van der Waals surface area contributed by atoms with Gasteiger partial charge in [-0.15, -0.1) is 0 Å². The Morgan fingerprint density at radius 1 is 1.29 bits per heavy atom. The summed E-state index contributed by atoms with van der Waals surface area (Å²) in [6.07, 6.45) is 5.34. The zero-order valence-electron chi connectivity index (χ0n) is 8.97. The van der Waals surface area contributed by atoms with Crippen LogP contribution in [0.2, 0.25) is 0 Å². The van der Waals surface area contributed by atoms with Crippen molar-refractivity contribution in [1.29, 1.82) is 0 Å². The van der Waals surface area contributed by atoms with Crippen molar-refractivity contribution >= 4 is 25.8 Å². The maximum absolute atomic E-state index is 5.46. The van der Waals surface area contributed by atoms with Gasteiger partial charge in [0.25, 0.3) is 0 Å². The summed E-state index contributed by atoms with van der Waals surface area (Å²) in [7, 11) is 0. The fraction of sp³-hybridized carbons (Fsp3) is 1.00. The van der Waals surface area contributed by atoms with Crippen LogP contribution in [0.1, 0.15) is 25.7 Å². The van der Waals surface area contributed by atoms with Gasteiger partial charge in [-0.3, -0.25) is 0 Å². The maximum atomic E-state index is 5.46. The Morgan fingerprint density at radius 3 is 2.64 bits per heavy atom. The van der Waals surface area contributed by atoms with Crippen molar-refractivity contribution < 1.29 is 0 Å². The Balaban J connectivity index is 2.03. The van der Waals surface area contributed by atoms with Crippen LogP contribution in [0.15, 0.2) is 0 Å². The minimum atomic E-state index is 0.750. The summed E-state index contributed by atoms with van der Waals surface area (Å²) in [4.78, 5) is 2.61. The molecule has 1 heterocycles. The molecule has 3 radical (unpaired) electrons. The van der Waals surface area contributed by atoms with Crippen LogP contribution in [0.25, 0.3) is 0 Å². The summed E-state index contributed by atoms with van der Waals surface area (Å²) >= 11 is 1.25. The molecule has 0 aromatic rings. The second-order valence-electron chi connectivity index (χ2n) is 4.01. The molecule has 0 aromatic heterocycles. The fourth-order valence-corrected chi connectivity index (χ4v) is 3.41. The molecule has 0 spiro atoms. The second kappa shape index (κ2) is 8.01. The monoisotopic (exact) mass is 392 g/mol. The van der Waals surface area contributed by atoms with Crippen molar-refractivity contribution in [3.63, 3.8) is 0 Å². The molecule has 1 saturated heterocycles. The van der Waals surface area contributed by atoms with E-state index in [2.05, 4.69) is 10.2 Å². The summed E-state index contributed by atoms with van der Waals surface area (Å²) in [5, 5.41) is 3.57. The number of piperidine rings is 1. The van der Waals surface area contributed by atoms with E-state index in [4.69, 9.17) is 5.73 Å². The van der Waals surface area contributed by atoms with Gasteiger partial charge in [0.15, 0.2) is 0 Å². The average molecular weight is 392 g/mol. The summed E-state index contributed by atoms with van der Waals surface area (Å²) in [6.45, 7) is 5.80. The van der Waals surface area contributed by atoms with Crippen molar-refractivity contribution in [3.8, 4) is 0 Å². The molecule has 0 aromatic carbocycles. The number of hydrogen-bond acceptors (Lipinski definition) is 3. The average Bonchev–Trinajstić information content (AvgIpc) is 2.20. The van der Waals surface area contributed by atoms with Gasteiger partial charge >= 0.3 is 104 Å². The number of nitrogens with two attached hydrogens (primary N) is 1. The van der Waals surface area contributed by atoms with Crippen LogP contribution >= 0.6 is 0 Å². The van der Waals surface area contributed by atoms with Crippen LogP contribution < -0.4 is 11.1 Å². The number of nitrogens with zero attached hydrogens (tertiary/aromatic N) is 1. The molecule has 0 saturated carbocycles. The van der Waals surface area contributed by atoms with E-state index in [1.54, 1.807) is 0 Å². The van der Waals surface area contributed by atoms with Crippen molar-refractivity contribution in [2.45, 2.75) is 29.3 Å². The van der Waals surface area contributed by atoms with E-state index in [1.165, 1.54) is 64.7 Å². The Bertz CT molecular complexity index is 137. The van der Waals surface area contributed by atoms with Crippen molar-refractivity contribution in [3.05, 3.63) is 0 Å². The summed E-state index contributed by atoms with van der Waals surface area (Å²) in [6, 6.07) is 0. The third kappa shape index (κ3) is 5.63. The van der Waals surface area contributed by atoms with Crippen LogP contribution in [0.5, 0.6) is 0 Å². The molecule has 0 amide bonds. The standard InChI is InChI=1S/C10H22N3.Pb/c11-5-4-6-12-7-10-13-8-2-1-3-9-13;/h7,12H,1-6,8-11H2;. The van der Waals surface area contributed by atoms with Crippen LogP contribution in [0, 0.1) is 0 Å². The normalized spacial score (nSPS) is 21.0. The van der Waals surface area contributed by atoms with E-state index in [1.807, 2.05) is 0 Å². The summed E-state index contributed by atoms with van der Waals surface area (Å²) in [5.74, 6) is 0. The Hall–Kier alpha value is 0.802. The van der Waals surface area contributed by atoms with Crippen LogP contribution in [0.4, 0.5) is 0 Å². The molecule has 14 heavy (non-hydrogen) atoms. The summed E-state index contributed by atoms with van der Waals surface area (Å²) in [5.41, 5.74) is 5.46. The second-order valence-corrected chi connectivity index (χ2v) is 6.72. The fourth-order valence-electron chi connectivity index (χ4n) is 1.84. The molecular formula is C10H22N3Pb. The molecule has 0 aliphatic carbocycles. The molecule has 3 nitrogen and oxygen atoms in total. The van der Waals surface area contributed by atoms with Gasteiger partial charge in [-0.25, -0.2) is 0 Å². The SMILES string of the molecule is NCCCN[CH]([Pb])CN1CCCCC1. The Morgan fingerprint density at radius 2 is 2.00 bits per heavy atom. The molecule has 1 fully saturated rings. The predicted octanol–water partition coefficient (Wildman–Crippen LogP) is -0.0947. The van der Waals surface area contributed by atoms with Crippen molar-refractivity contribution in [2.75, 3.05) is 32.7 Å². The van der Waals surface area contributed by atoms with E-state index >= 15 is 0 Å². The molecular weight excluding hydrogens is 369 g/mol. The van der Waals surface area contributed by atoms with Gasteiger partial charge in [-0.1, -0.05) is 0 Å². The van der Waals surface area contributed by atoms with E-state index in [9.17, 15) is 0 Å². The number of rotatable bonds is 6. The van der Waals surface area contributed by atoms with Crippen molar-refractivity contribution in [1.82, 2.24) is 10.2 Å².